The molecule has 3 heterocycles. The van der Waals surface area contributed by atoms with Crippen LogP contribution in [-0.4, -0.2) is 99.0 Å². The molecular formula is C40H54N7O9PS. The van der Waals surface area contributed by atoms with E-state index >= 15 is 0 Å². The Labute approximate surface area is 342 Å². The molecule has 18 heteroatoms. The van der Waals surface area contributed by atoms with Crippen molar-refractivity contribution in [1.82, 2.24) is 25.5 Å². The first-order valence-electron chi connectivity index (χ1n) is 19.5. The van der Waals surface area contributed by atoms with E-state index < -0.39 is 72.1 Å². The summed E-state index contributed by atoms with van der Waals surface area (Å²) >= 11 is 1.44. The first kappa shape index (κ1) is 42.9. The van der Waals surface area contributed by atoms with E-state index in [1.807, 2.05) is 25.3 Å². The summed E-state index contributed by atoms with van der Waals surface area (Å²) in [6.07, 6.45) is 2.28. The summed E-state index contributed by atoms with van der Waals surface area (Å²) in [6, 6.07) is 4.97. The summed E-state index contributed by atoms with van der Waals surface area (Å²) in [6.45, 7) is 13.1. The topological polar surface area (TPSA) is 224 Å². The zero-order valence-corrected chi connectivity index (χ0v) is 35.5. The van der Waals surface area contributed by atoms with Crippen LogP contribution >= 0.6 is 18.7 Å². The summed E-state index contributed by atoms with van der Waals surface area (Å²) < 4.78 is 31.5. The lowest BCUT2D eigenvalue weighted by molar-refractivity contribution is -0.142. The number of likely N-dealkylation sites (tertiary alicyclic amines) is 1. The number of primary amides is 1. The van der Waals surface area contributed by atoms with Gasteiger partial charge in [-0.05, 0) is 63.5 Å². The van der Waals surface area contributed by atoms with E-state index in [0.717, 1.165) is 30.8 Å². The van der Waals surface area contributed by atoms with Gasteiger partial charge in [0.05, 0.1) is 24.9 Å². The Balaban J connectivity index is 1.35. The lowest BCUT2D eigenvalue weighted by Gasteiger charge is -2.35. The van der Waals surface area contributed by atoms with Gasteiger partial charge in [-0.3, -0.25) is 18.9 Å². The molecule has 6 N–H and O–H groups in total. The number of nitrogens with zero attached hydrogens (tertiary/aromatic N) is 3. The van der Waals surface area contributed by atoms with Gasteiger partial charge in [0.2, 0.25) is 25.1 Å². The van der Waals surface area contributed by atoms with Crippen LogP contribution in [0.1, 0.15) is 73.1 Å². The smallest absolute Gasteiger partial charge is 0.408 e. The average Bonchev–Trinajstić information content (AvgIpc) is 3.54. The molecule has 1 aliphatic heterocycles. The van der Waals surface area contributed by atoms with Crippen LogP contribution in [0.15, 0.2) is 42.3 Å². The zero-order chi connectivity index (χ0) is 42.2. The number of carbonyl (C=O) groups excluding carboxylic acids is 4. The number of pyridine rings is 1. The third-order valence-corrected chi connectivity index (χ3v) is 14.2. The number of carbonyl (C=O) groups is 4. The molecule has 1 saturated heterocycles. The van der Waals surface area contributed by atoms with E-state index in [2.05, 4.69) is 22.5 Å². The van der Waals surface area contributed by atoms with Gasteiger partial charge in [0.25, 0.3) is 0 Å². The van der Waals surface area contributed by atoms with Crippen LogP contribution in [0, 0.1) is 11.3 Å². The molecule has 0 spiro atoms. The quantitative estimate of drug-likeness (QED) is 0.0960. The van der Waals surface area contributed by atoms with Crippen molar-refractivity contribution >= 4 is 58.6 Å². The number of thiazole rings is 1. The van der Waals surface area contributed by atoms with Crippen LogP contribution in [0.3, 0.4) is 0 Å². The summed E-state index contributed by atoms with van der Waals surface area (Å²) in [5, 5.41) is 10.4. The molecule has 3 aromatic rings. The van der Waals surface area contributed by atoms with E-state index in [1.165, 1.54) is 22.3 Å². The van der Waals surface area contributed by atoms with Gasteiger partial charge in [-0.2, -0.15) is 0 Å². The number of anilines is 1. The van der Waals surface area contributed by atoms with Gasteiger partial charge in [-0.15, -0.1) is 17.9 Å². The van der Waals surface area contributed by atoms with Gasteiger partial charge in [0.1, 0.15) is 52.9 Å². The highest BCUT2D eigenvalue weighted by molar-refractivity contribution is 7.61. The third-order valence-electron chi connectivity index (χ3n) is 10.9. The Hall–Kier alpha value is -4.73. The number of aromatic nitrogens is 2. The Kier molecular flexibility index (Phi) is 12.5. The second kappa shape index (κ2) is 16.9. The van der Waals surface area contributed by atoms with Crippen molar-refractivity contribution in [1.29, 1.82) is 0 Å². The van der Waals surface area contributed by atoms with Crippen LogP contribution in [0.2, 0.25) is 0 Å². The molecule has 2 aliphatic carbocycles. The zero-order valence-electron chi connectivity index (χ0n) is 33.8. The van der Waals surface area contributed by atoms with Crippen molar-refractivity contribution in [3.05, 3.63) is 42.3 Å². The molecule has 2 aromatic heterocycles. The van der Waals surface area contributed by atoms with Crippen molar-refractivity contribution in [2.24, 2.45) is 17.1 Å². The predicted octanol–water partition coefficient (Wildman–Crippen LogP) is 5.39. The minimum atomic E-state index is -4.39. The van der Waals surface area contributed by atoms with Crippen LogP contribution < -0.4 is 31.2 Å². The molecule has 2 saturated carbocycles. The molecule has 4 amide bonds. The number of nitrogens with one attached hydrogen (secondary N) is 3. The van der Waals surface area contributed by atoms with Crippen LogP contribution in [0.5, 0.6) is 11.5 Å². The largest absolute Gasteiger partial charge is 0.497 e. The van der Waals surface area contributed by atoms with Crippen molar-refractivity contribution < 1.29 is 42.8 Å². The predicted molar refractivity (Wildman–Crippen MR) is 221 cm³/mol. The van der Waals surface area contributed by atoms with Gasteiger partial charge in [-0.25, -0.2) is 14.8 Å². The fraction of sp³-hybridized carbons (Fsp3) is 0.550. The van der Waals surface area contributed by atoms with Gasteiger partial charge in [0, 0.05) is 41.3 Å². The molecule has 3 fully saturated rings. The summed E-state index contributed by atoms with van der Waals surface area (Å²) in [5.41, 5.74) is 6.22. The average molecular weight is 840 g/mol. The number of nitrogens with two attached hydrogens (primary N) is 1. The molecule has 6 atom stereocenters. The molecule has 3 aliphatic rings. The van der Waals surface area contributed by atoms with Gasteiger partial charge in [0.15, 0.2) is 5.13 Å². The first-order chi connectivity index (χ1) is 27.3. The van der Waals surface area contributed by atoms with E-state index in [9.17, 15) is 28.6 Å². The fourth-order valence-electron chi connectivity index (χ4n) is 7.75. The number of alkyl carbamates (subject to hydrolysis) is 1. The van der Waals surface area contributed by atoms with E-state index in [-0.39, 0.29) is 31.5 Å². The maximum atomic E-state index is 14.7. The standard InChI is InChI=1S/C40H54N7O9PS/c1-8-23-18-40(23,57(52,53)20-33(41)48)46-35(49)31-16-26(19-47(31)36(50)34(39(4,5)6)45-38(51)56-24-11-9-10-12-24)55-32-17-29(30-21-58-37(44-30)42-22(2)3)43-28-15-25(54-7)13-14-27(28)32/h8,13-15,17,21-24,26,31,34H,1,9-12,16,18-20H2,2-7H3,(H2,41,48)(H,42,44)(H,45,51)(H,46,49)(H,52,53)/t23-,26-,31+,34?,40+/m1/s1. The third kappa shape index (κ3) is 9.26. The highest BCUT2D eigenvalue weighted by Crippen LogP contribution is 2.69. The molecule has 0 bridgehead atoms. The van der Waals surface area contributed by atoms with Crippen molar-refractivity contribution in [3.63, 3.8) is 0 Å². The molecule has 58 heavy (non-hydrogen) atoms. The number of hydrogen-bond acceptors (Lipinski definition) is 12. The van der Waals surface area contributed by atoms with Crippen LogP contribution in [-0.2, 0) is 23.7 Å². The Morgan fingerprint density at radius 3 is 2.48 bits per heavy atom. The highest BCUT2D eigenvalue weighted by Gasteiger charge is 2.66. The minimum Gasteiger partial charge on any atom is -0.497 e. The summed E-state index contributed by atoms with van der Waals surface area (Å²) in [7, 11) is -2.83. The second-order valence-electron chi connectivity index (χ2n) is 16.7. The van der Waals surface area contributed by atoms with Crippen molar-refractivity contribution in [2.45, 2.75) is 109 Å². The number of fused-ring (bicyclic) bond motifs is 1. The number of ether oxygens (including phenoxy) is 3. The number of amides is 4. The Morgan fingerprint density at radius 1 is 1.14 bits per heavy atom. The lowest BCUT2D eigenvalue weighted by atomic mass is 9.85. The maximum absolute atomic E-state index is 14.7. The van der Waals surface area contributed by atoms with Gasteiger partial charge in [-0.1, -0.05) is 26.8 Å². The maximum Gasteiger partial charge on any atom is 0.408 e. The molecule has 2 unspecified atom stereocenters. The molecule has 16 nitrogen and oxygen atoms in total. The minimum absolute atomic E-state index is 0.0181. The number of methoxy groups -OCH3 is 1. The Bertz CT molecular complexity index is 2120. The number of benzene rings is 1. The van der Waals surface area contributed by atoms with E-state index in [1.54, 1.807) is 46.1 Å². The lowest BCUT2D eigenvalue weighted by Crippen LogP contribution is -2.58. The molecular weight excluding hydrogens is 786 g/mol. The van der Waals surface area contributed by atoms with E-state index in [4.69, 9.17) is 29.9 Å². The second-order valence-corrected chi connectivity index (χ2v) is 20.1. The van der Waals surface area contributed by atoms with Crippen molar-refractivity contribution in [2.75, 3.05) is 25.1 Å². The molecule has 0 radical (unpaired) electrons. The summed E-state index contributed by atoms with van der Waals surface area (Å²) in [4.78, 5) is 76.3. The monoisotopic (exact) mass is 839 g/mol. The van der Waals surface area contributed by atoms with Crippen LogP contribution in [0.25, 0.3) is 22.3 Å². The van der Waals surface area contributed by atoms with Gasteiger partial charge >= 0.3 is 6.09 Å². The first-order valence-corrected chi connectivity index (χ1v) is 22.3. The summed E-state index contributed by atoms with van der Waals surface area (Å²) in [5.74, 6) is -1.88. The molecule has 314 valence electrons. The van der Waals surface area contributed by atoms with Crippen molar-refractivity contribution in [3.8, 4) is 22.9 Å². The number of hydrogen-bond donors (Lipinski definition) is 5. The number of rotatable bonds is 15. The van der Waals surface area contributed by atoms with Gasteiger partial charge < -0.3 is 45.7 Å². The fourth-order valence-corrected chi connectivity index (χ4v) is 10.7. The molecule has 6 rings (SSSR count). The normalized spacial score (nSPS) is 23.5. The highest BCUT2D eigenvalue weighted by atomic mass is 32.1. The Morgan fingerprint density at radius 2 is 1.86 bits per heavy atom. The van der Waals surface area contributed by atoms with Crippen LogP contribution in [0.4, 0.5) is 9.93 Å². The van der Waals surface area contributed by atoms with E-state index in [0.29, 0.717) is 33.8 Å². The SMILES string of the molecule is C=C[C@@H]1C[C@]1(NC(=O)[C@@H]1C[C@@H](Oc2cc(-c3csc(NC(C)C)n3)nc3cc(OC)ccc23)CN1C(=O)C(NC(=O)OC1CCCC1)C(C)(C)C)P(=O)(O)CC(N)=O. The molecule has 1 aromatic carbocycles.